The van der Waals surface area contributed by atoms with Gasteiger partial charge >= 0.3 is 0 Å². The van der Waals surface area contributed by atoms with Crippen molar-refractivity contribution in [3.63, 3.8) is 0 Å². The molecule has 2 heterocycles. The van der Waals surface area contributed by atoms with Gasteiger partial charge in [-0.05, 0) is 37.6 Å². The first-order valence-corrected chi connectivity index (χ1v) is 6.91. The summed E-state index contributed by atoms with van der Waals surface area (Å²) >= 11 is 0. The van der Waals surface area contributed by atoms with E-state index in [9.17, 15) is 4.79 Å². The Labute approximate surface area is 118 Å². The Morgan fingerprint density at radius 2 is 2.35 bits per heavy atom. The highest BCUT2D eigenvalue weighted by Crippen LogP contribution is 2.21. The van der Waals surface area contributed by atoms with E-state index in [0.717, 1.165) is 30.9 Å². The van der Waals surface area contributed by atoms with Crippen LogP contribution in [0.15, 0.2) is 43.0 Å². The van der Waals surface area contributed by atoms with Crippen LogP contribution in [0.4, 0.5) is 5.69 Å². The molecule has 5 heteroatoms. The molecule has 20 heavy (non-hydrogen) atoms. The SMILES string of the molecule is O=C(CC1CCNC1)Nc1ccccc1-n1ccnc1. The van der Waals surface area contributed by atoms with Crippen molar-refractivity contribution >= 4 is 11.6 Å². The summed E-state index contributed by atoms with van der Waals surface area (Å²) in [6.07, 6.45) is 6.97. The molecule has 1 saturated heterocycles. The smallest absolute Gasteiger partial charge is 0.224 e. The highest BCUT2D eigenvalue weighted by molar-refractivity contribution is 5.93. The molecule has 1 fully saturated rings. The lowest BCUT2D eigenvalue weighted by atomic mass is 10.0. The predicted octanol–water partition coefficient (Wildman–Crippen LogP) is 1.81. The number of carbonyl (C=O) groups excluding carboxylic acids is 1. The number of benzene rings is 1. The van der Waals surface area contributed by atoms with Crippen molar-refractivity contribution in [3.05, 3.63) is 43.0 Å². The van der Waals surface area contributed by atoms with Gasteiger partial charge in [0.05, 0.1) is 17.7 Å². The lowest BCUT2D eigenvalue weighted by molar-refractivity contribution is -0.116. The number of para-hydroxylation sites is 2. The molecular weight excluding hydrogens is 252 g/mol. The maximum absolute atomic E-state index is 12.1. The first-order chi connectivity index (χ1) is 9.83. The fourth-order valence-electron chi connectivity index (χ4n) is 2.56. The van der Waals surface area contributed by atoms with Crippen LogP contribution in [-0.4, -0.2) is 28.5 Å². The molecule has 0 radical (unpaired) electrons. The number of nitrogens with one attached hydrogen (secondary N) is 2. The standard InChI is InChI=1S/C15H18N4O/c20-15(9-12-5-6-16-10-12)18-13-3-1-2-4-14(13)19-8-7-17-11-19/h1-4,7-8,11-12,16H,5-6,9-10H2,(H,18,20). The quantitative estimate of drug-likeness (QED) is 0.891. The number of rotatable bonds is 4. The number of carbonyl (C=O) groups is 1. The lowest BCUT2D eigenvalue weighted by Gasteiger charge is -2.13. The van der Waals surface area contributed by atoms with E-state index >= 15 is 0 Å². The molecule has 1 aliphatic rings. The Hall–Kier alpha value is -2.14. The fraction of sp³-hybridized carbons (Fsp3) is 0.333. The minimum Gasteiger partial charge on any atom is -0.324 e. The summed E-state index contributed by atoms with van der Waals surface area (Å²) in [5.41, 5.74) is 1.75. The Bertz CT molecular complexity index is 573. The van der Waals surface area contributed by atoms with Gasteiger partial charge in [-0.25, -0.2) is 4.98 Å². The molecule has 1 aliphatic heterocycles. The molecule has 1 unspecified atom stereocenters. The van der Waals surface area contributed by atoms with Crippen LogP contribution in [-0.2, 0) is 4.79 Å². The van der Waals surface area contributed by atoms with E-state index in [1.807, 2.05) is 35.0 Å². The predicted molar refractivity (Wildman–Crippen MR) is 77.8 cm³/mol. The average molecular weight is 270 g/mol. The maximum Gasteiger partial charge on any atom is 0.224 e. The zero-order chi connectivity index (χ0) is 13.8. The zero-order valence-electron chi connectivity index (χ0n) is 11.2. The van der Waals surface area contributed by atoms with Gasteiger partial charge < -0.3 is 15.2 Å². The van der Waals surface area contributed by atoms with E-state index in [1.54, 1.807) is 12.5 Å². The molecular formula is C15H18N4O. The highest BCUT2D eigenvalue weighted by atomic mass is 16.1. The minimum absolute atomic E-state index is 0.0752. The minimum atomic E-state index is 0.0752. The molecule has 0 bridgehead atoms. The first kappa shape index (κ1) is 12.9. The van der Waals surface area contributed by atoms with Gasteiger partial charge in [0, 0.05) is 18.8 Å². The van der Waals surface area contributed by atoms with Crippen molar-refractivity contribution in [1.29, 1.82) is 0 Å². The van der Waals surface area contributed by atoms with E-state index in [0.29, 0.717) is 12.3 Å². The fourth-order valence-corrected chi connectivity index (χ4v) is 2.56. The third-order valence-corrected chi connectivity index (χ3v) is 3.60. The largest absolute Gasteiger partial charge is 0.324 e. The van der Waals surface area contributed by atoms with Crippen molar-refractivity contribution in [1.82, 2.24) is 14.9 Å². The molecule has 1 atom stereocenters. The van der Waals surface area contributed by atoms with Crippen molar-refractivity contribution in [2.45, 2.75) is 12.8 Å². The summed E-state index contributed by atoms with van der Waals surface area (Å²) in [6, 6.07) is 7.76. The van der Waals surface area contributed by atoms with Crippen LogP contribution in [0.25, 0.3) is 5.69 Å². The number of amides is 1. The Kier molecular flexibility index (Phi) is 3.78. The van der Waals surface area contributed by atoms with Crippen molar-refractivity contribution in [3.8, 4) is 5.69 Å². The third-order valence-electron chi connectivity index (χ3n) is 3.60. The first-order valence-electron chi connectivity index (χ1n) is 6.91. The lowest BCUT2D eigenvalue weighted by Crippen LogP contribution is -2.19. The maximum atomic E-state index is 12.1. The van der Waals surface area contributed by atoms with Gasteiger partial charge in [-0.3, -0.25) is 4.79 Å². The second-order valence-electron chi connectivity index (χ2n) is 5.10. The van der Waals surface area contributed by atoms with Gasteiger partial charge in [0.15, 0.2) is 0 Å². The molecule has 0 spiro atoms. The normalized spacial score (nSPS) is 18.1. The zero-order valence-corrected chi connectivity index (χ0v) is 11.2. The molecule has 2 aromatic rings. The summed E-state index contributed by atoms with van der Waals surface area (Å²) in [5, 5.41) is 6.29. The molecule has 0 saturated carbocycles. The van der Waals surface area contributed by atoms with Crippen LogP contribution in [0, 0.1) is 5.92 Å². The van der Waals surface area contributed by atoms with E-state index < -0.39 is 0 Å². The van der Waals surface area contributed by atoms with Crippen molar-refractivity contribution in [2.75, 3.05) is 18.4 Å². The molecule has 1 aromatic heterocycles. The molecule has 5 nitrogen and oxygen atoms in total. The number of hydrogen-bond acceptors (Lipinski definition) is 3. The molecule has 2 N–H and O–H groups in total. The number of anilines is 1. The summed E-state index contributed by atoms with van der Waals surface area (Å²) in [6.45, 7) is 1.96. The Balaban J connectivity index is 1.72. The number of imidazole rings is 1. The number of hydrogen-bond donors (Lipinski definition) is 2. The third kappa shape index (κ3) is 2.88. The second kappa shape index (κ2) is 5.88. The summed E-state index contributed by atoms with van der Waals surface area (Å²) in [5.74, 6) is 0.529. The topological polar surface area (TPSA) is 59.0 Å². The van der Waals surface area contributed by atoms with Crippen molar-refractivity contribution in [2.24, 2.45) is 5.92 Å². The summed E-state index contributed by atoms with van der Waals surface area (Å²) in [7, 11) is 0. The molecule has 1 aromatic carbocycles. The van der Waals surface area contributed by atoms with Gasteiger partial charge in [0.1, 0.15) is 0 Å². The van der Waals surface area contributed by atoms with E-state index in [1.165, 1.54) is 0 Å². The summed E-state index contributed by atoms with van der Waals surface area (Å²) in [4.78, 5) is 16.2. The van der Waals surface area contributed by atoms with Gasteiger partial charge in [-0.1, -0.05) is 12.1 Å². The molecule has 1 amide bonds. The monoisotopic (exact) mass is 270 g/mol. The van der Waals surface area contributed by atoms with Gasteiger partial charge in [0.25, 0.3) is 0 Å². The Morgan fingerprint density at radius 1 is 1.45 bits per heavy atom. The second-order valence-corrected chi connectivity index (χ2v) is 5.10. The van der Waals surface area contributed by atoms with E-state index in [-0.39, 0.29) is 5.91 Å². The van der Waals surface area contributed by atoms with Gasteiger partial charge in [-0.15, -0.1) is 0 Å². The van der Waals surface area contributed by atoms with Crippen LogP contribution in [0.2, 0.25) is 0 Å². The number of aromatic nitrogens is 2. The van der Waals surface area contributed by atoms with Gasteiger partial charge in [0.2, 0.25) is 5.91 Å². The molecule has 0 aliphatic carbocycles. The molecule has 104 valence electrons. The van der Waals surface area contributed by atoms with Crippen LogP contribution in [0.3, 0.4) is 0 Å². The van der Waals surface area contributed by atoms with Crippen LogP contribution < -0.4 is 10.6 Å². The van der Waals surface area contributed by atoms with Crippen LogP contribution in [0.5, 0.6) is 0 Å². The van der Waals surface area contributed by atoms with Crippen molar-refractivity contribution < 1.29 is 4.79 Å². The summed E-state index contributed by atoms with van der Waals surface area (Å²) < 4.78 is 1.90. The van der Waals surface area contributed by atoms with E-state index in [4.69, 9.17) is 0 Å². The highest BCUT2D eigenvalue weighted by Gasteiger charge is 2.18. The van der Waals surface area contributed by atoms with Crippen LogP contribution in [0.1, 0.15) is 12.8 Å². The number of nitrogens with zero attached hydrogens (tertiary/aromatic N) is 2. The van der Waals surface area contributed by atoms with E-state index in [2.05, 4.69) is 15.6 Å². The molecule has 3 rings (SSSR count). The average Bonchev–Trinajstić information content (AvgIpc) is 3.11. The van der Waals surface area contributed by atoms with Crippen LogP contribution >= 0.6 is 0 Å². The Morgan fingerprint density at radius 3 is 3.10 bits per heavy atom. The van der Waals surface area contributed by atoms with Gasteiger partial charge in [-0.2, -0.15) is 0 Å².